The summed E-state index contributed by atoms with van der Waals surface area (Å²) in [4.78, 5) is 0. The molecule has 0 aliphatic heterocycles. The highest BCUT2D eigenvalue weighted by atomic mass is 16.5. The van der Waals surface area contributed by atoms with Crippen molar-refractivity contribution in [3.05, 3.63) is 0 Å². The lowest BCUT2D eigenvalue weighted by atomic mass is 9.51. The molecule has 3 unspecified atom stereocenters. The van der Waals surface area contributed by atoms with E-state index in [9.17, 15) is 0 Å². The minimum absolute atomic E-state index is 0.281. The van der Waals surface area contributed by atoms with E-state index in [1.54, 1.807) is 0 Å². The summed E-state index contributed by atoms with van der Waals surface area (Å²) in [6.45, 7) is 2.24. The third-order valence-corrected chi connectivity index (χ3v) is 3.34. The molecular formula is C8H14O. The largest absolute Gasteiger partial charge is 0.378 e. The van der Waals surface area contributed by atoms with Crippen molar-refractivity contribution >= 4 is 0 Å². The van der Waals surface area contributed by atoms with Gasteiger partial charge in [0.25, 0.3) is 0 Å². The molecule has 52 valence electrons. The van der Waals surface area contributed by atoms with Gasteiger partial charge in [0.05, 0.1) is 5.60 Å². The molecule has 0 saturated heterocycles. The van der Waals surface area contributed by atoms with Gasteiger partial charge in [-0.25, -0.2) is 0 Å². The first-order valence-corrected chi connectivity index (χ1v) is 3.81. The van der Waals surface area contributed by atoms with E-state index in [1.165, 1.54) is 19.3 Å². The van der Waals surface area contributed by atoms with Gasteiger partial charge < -0.3 is 4.74 Å². The smallest absolute Gasteiger partial charge is 0.0684 e. The number of hydrogen-bond acceptors (Lipinski definition) is 1. The molecule has 0 amide bonds. The maximum Gasteiger partial charge on any atom is 0.0684 e. The van der Waals surface area contributed by atoms with Crippen molar-refractivity contribution in [1.82, 2.24) is 0 Å². The van der Waals surface area contributed by atoms with Gasteiger partial charge in [0, 0.05) is 7.11 Å². The molecule has 2 rings (SSSR count). The topological polar surface area (TPSA) is 9.23 Å². The molecule has 1 nitrogen and oxygen atoms in total. The predicted molar refractivity (Wildman–Crippen MR) is 36.2 cm³/mol. The molecular weight excluding hydrogens is 112 g/mol. The van der Waals surface area contributed by atoms with Gasteiger partial charge in [0.15, 0.2) is 0 Å². The van der Waals surface area contributed by atoms with Gasteiger partial charge in [-0.3, -0.25) is 0 Å². The molecule has 0 heterocycles. The van der Waals surface area contributed by atoms with Crippen LogP contribution in [-0.2, 0) is 4.74 Å². The Morgan fingerprint density at radius 2 is 2.22 bits per heavy atom. The summed E-state index contributed by atoms with van der Waals surface area (Å²) in [5, 5.41) is 0. The van der Waals surface area contributed by atoms with Crippen LogP contribution in [0.2, 0.25) is 0 Å². The number of methoxy groups -OCH3 is 1. The summed E-state index contributed by atoms with van der Waals surface area (Å²) in [5.74, 6) is 1.96. The summed E-state index contributed by atoms with van der Waals surface area (Å²) >= 11 is 0. The van der Waals surface area contributed by atoms with Gasteiger partial charge in [0.1, 0.15) is 0 Å². The lowest BCUT2D eigenvalue weighted by molar-refractivity contribution is -0.193. The Morgan fingerprint density at radius 3 is 2.33 bits per heavy atom. The maximum absolute atomic E-state index is 5.41. The van der Waals surface area contributed by atoms with Crippen LogP contribution in [0.3, 0.4) is 0 Å². The molecule has 0 aromatic carbocycles. The second kappa shape index (κ2) is 1.51. The average molecular weight is 126 g/mol. The Morgan fingerprint density at radius 1 is 1.44 bits per heavy atom. The van der Waals surface area contributed by atoms with Crippen LogP contribution in [0.4, 0.5) is 0 Å². The Kier molecular flexibility index (Phi) is 0.963. The van der Waals surface area contributed by atoms with E-state index in [0.29, 0.717) is 0 Å². The minimum Gasteiger partial charge on any atom is -0.378 e. The molecule has 0 spiro atoms. The Hall–Kier alpha value is -0.0400. The third-order valence-electron chi connectivity index (χ3n) is 3.34. The summed E-state index contributed by atoms with van der Waals surface area (Å²) in [5.41, 5.74) is 0.281. The molecule has 1 heteroatoms. The van der Waals surface area contributed by atoms with Gasteiger partial charge >= 0.3 is 0 Å². The SMILES string of the molecule is COC1(C)CC2CCC21. The lowest BCUT2D eigenvalue weighted by Crippen LogP contribution is -2.58. The van der Waals surface area contributed by atoms with Gasteiger partial charge in [-0.1, -0.05) is 0 Å². The highest BCUT2D eigenvalue weighted by Crippen LogP contribution is 2.57. The third kappa shape index (κ3) is 0.536. The zero-order valence-electron chi connectivity index (χ0n) is 6.18. The fourth-order valence-electron chi connectivity index (χ4n) is 2.36. The van der Waals surface area contributed by atoms with E-state index in [2.05, 4.69) is 6.92 Å². The molecule has 0 radical (unpaired) electrons. The van der Waals surface area contributed by atoms with Crippen molar-refractivity contribution in [2.24, 2.45) is 11.8 Å². The number of fused-ring (bicyclic) bond motifs is 1. The van der Waals surface area contributed by atoms with Crippen LogP contribution in [0.5, 0.6) is 0 Å². The fourth-order valence-corrected chi connectivity index (χ4v) is 2.36. The number of hydrogen-bond donors (Lipinski definition) is 0. The van der Waals surface area contributed by atoms with Gasteiger partial charge in [-0.2, -0.15) is 0 Å². The summed E-state index contributed by atoms with van der Waals surface area (Å²) in [6, 6.07) is 0. The normalized spacial score (nSPS) is 55.3. The van der Waals surface area contributed by atoms with Crippen LogP contribution in [0.25, 0.3) is 0 Å². The van der Waals surface area contributed by atoms with Crippen molar-refractivity contribution in [3.63, 3.8) is 0 Å². The van der Waals surface area contributed by atoms with E-state index in [4.69, 9.17) is 4.74 Å². The molecule has 2 aliphatic rings. The second-order valence-corrected chi connectivity index (χ2v) is 3.66. The zero-order valence-corrected chi connectivity index (χ0v) is 6.18. The van der Waals surface area contributed by atoms with E-state index in [1.807, 2.05) is 7.11 Å². The molecule has 0 N–H and O–H groups in total. The van der Waals surface area contributed by atoms with Gasteiger partial charge in [0.2, 0.25) is 0 Å². The maximum atomic E-state index is 5.41. The zero-order chi connectivity index (χ0) is 6.48. The number of ether oxygens (including phenoxy) is 1. The highest BCUT2D eigenvalue weighted by Gasteiger charge is 2.55. The lowest BCUT2D eigenvalue weighted by Gasteiger charge is -2.59. The van der Waals surface area contributed by atoms with Crippen molar-refractivity contribution in [2.75, 3.05) is 7.11 Å². The quantitative estimate of drug-likeness (QED) is 0.520. The molecule has 3 atom stereocenters. The van der Waals surface area contributed by atoms with Gasteiger partial charge in [-0.05, 0) is 38.0 Å². The van der Waals surface area contributed by atoms with Crippen LogP contribution < -0.4 is 0 Å². The summed E-state index contributed by atoms with van der Waals surface area (Å²) in [6.07, 6.45) is 4.19. The monoisotopic (exact) mass is 126 g/mol. The Bertz CT molecular complexity index is 133. The molecule has 9 heavy (non-hydrogen) atoms. The standard InChI is InChI=1S/C8H14O/c1-8(9-2)5-6-3-4-7(6)8/h6-7H,3-5H2,1-2H3. The Labute approximate surface area is 56.4 Å². The predicted octanol–water partition coefficient (Wildman–Crippen LogP) is 1.82. The first-order chi connectivity index (χ1) is 4.26. The van der Waals surface area contributed by atoms with Crippen LogP contribution in [0, 0.1) is 11.8 Å². The van der Waals surface area contributed by atoms with E-state index in [0.717, 1.165) is 11.8 Å². The van der Waals surface area contributed by atoms with Crippen molar-refractivity contribution in [1.29, 1.82) is 0 Å². The molecule has 2 aliphatic carbocycles. The first-order valence-electron chi connectivity index (χ1n) is 3.81. The molecule has 2 saturated carbocycles. The summed E-state index contributed by atoms with van der Waals surface area (Å²) in [7, 11) is 1.84. The van der Waals surface area contributed by atoms with Crippen molar-refractivity contribution in [3.8, 4) is 0 Å². The highest BCUT2D eigenvalue weighted by molar-refractivity contribution is 5.06. The van der Waals surface area contributed by atoms with E-state index < -0.39 is 0 Å². The number of rotatable bonds is 1. The van der Waals surface area contributed by atoms with Crippen LogP contribution in [0.15, 0.2) is 0 Å². The van der Waals surface area contributed by atoms with E-state index in [-0.39, 0.29) is 5.60 Å². The first kappa shape index (κ1) is 5.72. The van der Waals surface area contributed by atoms with Crippen molar-refractivity contribution < 1.29 is 4.74 Å². The van der Waals surface area contributed by atoms with Crippen LogP contribution in [0.1, 0.15) is 26.2 Å². The molecule has 2 fully saturated rings. The van der Waals surface area contributed by atoms with Crippen LogP contribution >= 0.6 is 0 Å². The average Bonchev–Trinajstić information content (AvgIpc) is 1.82. The molecule has 0 aromatic rings. The van der Waals surface area contributed by atoms with Gasteiger partial charge in [-0.15, -0.1) is 0 Å². The fraction of sp³-hybridized carbons (Fsp3) is 1.00. The molecule has 0 bridgehead atoms. The Balaban J connectivity index is 2.02. The van der Waals surface area contributed by atoms with Crippen molar-refractivity contribution in [2.45, 2.75) is 31.8 Å². The van der Waals surface area contributed by atoms with Crippen LogP contribution in [-0.4, -0.2) is 12.7 Å². The second-order valence-electron chi connectivity index (χ2n) is 3.66. The van der Waals surface area contributed by atoms with E-state index >= 15 is 0 Å². The summed E-state index contributed by atoms with van der Waals surface area (Å²) < 4.78 is 5.41. The minimum atomic E-state index is 0.281. The molecule has 0 aromatic heterocycles.